The molecule has 2 nitrogen and oxygen atoms in total. The van der Waals surface area contributed by atoms with Crippen LogP contribution in [0.2, 0.25) is 0 Å². The van der Waals surface area contributed by atoms with Gasteiger partial charge in [0.1, 0.15) is 0 Å². The first-order chi connectivity index (χ1) is 3.31. The molecule has 38 valence electrons. The summed E-state index contributed by atoms with van der Waals surface area (Å²) in [5, 5.41) is 0. The van der Waals surface area contributed by atoms with Gasteiger partial charge in [-0.2, -0.15) is 0 Å². The lowest BCUT2D eigenvalue weighted by Gasteiger charge is -1.69. The second kappa shape index (κ2) is 3.35. The summed E-state index contributed by atoms with van der Waals surface area (Å²) in [6.07, 6.45) is 1.29. The molecule has 0 spiro atoms. The molecule has 0 aromatic heterocycles. The van der Waals surface area contributed by atoms with Crippen LogP contribution in [0.1, 0.15) is 19.8 Å². The molecule has 2 heteroatoms. The molecule has 0 aliphatic heterocycles. The van der Waals surface area contributed by atoms with Crippen molar-refractivity contribution in [3.8, 4) is 6.57 Å². The first-order valence-corrected chi connectivity index (χ1v) is 2.25. The van der Waals surface area contributed by atoms with E-state index in [1.807, 2.05) is 6.92 Å². The zero-order valence-corrected chi connectivity index (χ0v) is 4.35. The van der Waals surface area contributed by atoms with Gasteiger partial charge in [0, 0.05) is 4.85 Å². The number of hydrogen-bond acceptors (Lipinski definition) is 1. The summed E-state index contributed by atoms with van der Waals surface area (Å²) in [4.78, 5) is 13.1. The molecule has 0 aromatic rings. The summed E-state index contributed by atoms with van der Waals surface area (Å²) in [5.41, 5.74) is 0. The van der Waals surface area contributed by atoms with Crippen molar-refractivity contribution in [3.63, 3.8) is 0 Å². The van der Waals surface area contributed by atoms with Gasteiger partial charge in [-0.25, -0.2) is 4.79 Å². The van der Waals surface area contributed by atoms with E-state index < -0.39 is 0 Å². The molecule has 0 aliphatic rings. The van der Waals surface area contributed by atoms with Crippen molar-refractivity contribution in [2.24, 2.45) is 0 Å². The molecule has 0 radical (unpaired) electrons. The molecule has 0 saturated heterocycles. The maximum Gasteiger partial charge on any atom is 0.514 e. The van der Waals surface area contributed by atoms with E-state index in [-0.39, 0.29) is 5.91 Å². The van der Waals surface area contributed by atoms with Gasteiger partial charge in [-0.05, 0) is 6.42 Å². The van der Waals surface area contributed by atoms with E-state index >= 15 is 0 Å². The van der Waals surface area contributed by atoms with Crippen LogP contribution in [0.3, 0.4) is 0 Å². The third-order valence-corrected chi connectivity index (χ3v) is 0.608. The minimum atomic E-state index is -0.220. The lowest BCUT2D eigenvalue weighted by atomic mass is 10.3. The minimum Gasteiger partial charge on any atom is -0.200 e. The fraction of sp³-hybridized carbons (Fsp3) is 0.600. The van der Waals surface area contributed by atoms with E-state index in [0.29, 0.717) is 6.42 Å². The maximum atomic E-state index is 10.1. The Balaban J connectivity index is 3.24. The van der Waals surface area contributed by atoms with E-state index in [1.54, 1.807) is 0 Å². The fourth-order valence-electron chi connectivity index (χ4n) is 0.278. The lowest BCUT2D eigenvalue weighted by Crippen LogP contribution is -1.84. The maximum absolute atomic E-state index is 10.1. The quantitative estimate of drug-likeness (QED) is 0.509. The van der Waals surface area contributed by atoms with Crippen LogP contribution in [0.5, 0.6) is 0 Å². The van der Waals surface area contributed by atoms with Crippen LogP contribution in [0.4, 0.5) is 0 Å². The smallest absolute Gasteiger partial charge is 0.200 e. The van der Waals surface area contributed by atoms with Crippen LogP contribution in [-0.2, 0) is 4.79 Å². The molecular formula is C5H8NO+. The lowest BCUT2D eigenvalue weighted by molar-refractivity contribution is -0.114. The highest BCUT2D eigenvalue weighted by Gasteiger charge is 2.04. The molecule has 0 fully saturated rings. The Labute approximate surface area is 43.0 Å². The summed E-state index contributed by atoms with van der Waals surface area (Å²) < 4.78 is 0. The van der Waals surface area contributed by atoms with Crippen molar-refractivity contribution in [3.05, 3.63) is 4.85 Å². The van der Waals surface area contributed by atoms with Gasteiger partial charge in [0.25, 0.3) is 6.57 Å². The van der Waals surface area contributed by atoms with Gasteiger partial charge in [0.05, 0.1) is 6.42 Å². The van der Waals surface area contributed by atoms with Crippen LogP contribution in [0, 0.1) is 6.57 Å². The van der Waals surface area contributed by atoms with Crippen LogP contribution in [-0.4, -0.2) is 5.91 Å². The Kier molecular flexibility index (Phi) is 2.95. The molecule has 0 bridgehead atoms. The van der Waals surface area contributed by atoms with Gasteiger partial charge in [-0.15, -0.1) is 0 Å². The average Bonchev–Trinajstić information content (AvgIpc) is 1.68. The van der Waals surface area contributed by atoms with Crippen LogP contribution in [0.15, 0.2) is 0 Å². The van der Waals surface area contributed by atoms with Gasteiger partial charge >= 0.3 is 5.91 Å². The predicted molar refractivity (Wildman–Crippen MR) is 28.2 cm³/mol. The highest BCUT2D eigenvalue weighted by atomic mass is 16.1. The highest BCUT2D eigenvalue weighted by molar-refractivity contribution is 5.85. The molecule has 0 rings (SSSR count). The first-order valence-electron chi connectivity index (χ1n) is 2.25. The largest absolute Gasteiger partial charge is 0.514 e. The number of carbonyl (C=O) groups excluding carboxylic acids is 1. The van der Waals surface area contributed by atoms with Crippen LogP contribution in [0.25, 0.3) is 4.85 Å². The normalized spacial score (nSPS) is 7.43. The van der Waals surface area contributed by atoms with Gasteiger partial charge in [0.15, 0.2) is 0 Å². The Bertz CT molecular complexity index is 101. The average molecular weight is 98.1 g/mol. The molecular weight excluding hydrogens is 90.1 g/mol. The van der Waals surface area contributed by atoms with Gasteiger partial charge < -0.3 is 0 Å². The Morgan fingerprint density at radius 1 is 1.86 bits per heavy atom. The number of amides is 1. The summed E-state index contributed by atoms with van der Waals surface area (Å²) in [6.45, 7) is 6.54. The third-order valence-electron chi connectivity index (χ3n) is 0.608. The summed E-state index contributed by atoms with van der Waals surface area (Å²) >= 11 is 0. The van der Waals surface area contributed by atoms with Crippen molar-refractivity contribution < 1.29 is 4.79 Å². The second-order valence-electron chi connectivity index (χ2n) is 1.27. The zero-order valence-electron chi connectivity index (χ0n) is 4.35. The zero-order chi connectivity index (χ0) is 5.70. The molecule has 0 atom stereocenters. The van der Waals surface area contributed by atoms with E-state index in [2.05, 4.69) is 11.4 Å². The highest BCUT2D eigenvalue weighted by Crippen LogP contribution is 1.87. The number of nitrogens with zero attached hydrogens (tertiary/aromatic N) is 1. The Morgan fingerprint density at radius 2 is 2.43 bits per heavy atom. The van der Waals surface area contributed by atoms with Crippen molar-refractivity contribution >= 4 is 5.91 Å². The van der Waals surface area contributed by atoms with Crippen LogP contribution >= 0.6 is 0 Å². The summed E-state index contributed by atoms with van der Waals surface area (Å²) in [7, 11) is 0. The predicted octanol–water partition coefficient (Wildman–Crippen LogP) is 1.28. The summed E-state index contributed by atoms with van der Waals surface area (Å²) in [5.74, 6) is -0.220. The summed E-state index contributed by atoms with van der Waals surface area (Å²) in [6, 6.07) is 0. The molecule has 0 aliphatic carbocycles. The molecule has 0 aromatic carbocycles. The SMILES string of the molecule is C#[N+]C(=O)CCC. The monoisotopic (exact) mass is 98.1 g/mol. The van der Waals surface area contributed by atoms with E-state index in [9.17, 15) is 4.79 Å². The minimum absolute atomic E-state index is 0.220. The molecule has 0 N–H and O–H groups in total. The first kappa shape index (κ1) is 6.16. The van der Waals surface area contributed by atoms with Gasteiger partial charge in [-0.1, -0.05) is 6.92 Å². The number of rotatable bonds is 2. The fourth-order valence-corrected chi connectivity index (χ4v) is 0.278. The molecule has 0 heterocycles. The molecule has 0 unspecified atom stereocenters. The molecule has 7 heavy (non-hydrogen) atoms. The van der Waals surface area contributed by atoms with Crippen molar-refractivity contribution in [2.45, 2.75) is 19.8 Å². The van der Waals surface area contributed by atoms with Crippen LogP contribution < -0.4 is 0 Å². The van der Waals surface area contributed by atoms with E-state index in [4.69, 9.17) is 0 Å². The third kappa shape index (κ3) is 2.98. The van der Waals surface area contributed by atoms with Gasteiger partial charge in [-0.3, -0.25) is 0 Å². The van der Waals surface area contributed by atoms with Crippen molar-refractivity contribution in [2.75, 3.05) is 0 Å². The van der Waals surface area contributed by atoms with E-state index in [1.165, 1.54) is 0 Å². The van der Waals surface area contributed by atoms with Crippen molar-refractivity contribution in [1.82, 2.24) is 0 Å². The van der Waals surface area contributed by atoms with Gasteiger partial charge in [0.2, 0.25) is 0 Å². The van der Waals surface area contributed by atoms with E-state index in [0.717, 1.165) is 6.42 Å². The Hall–Kier alpha value is -0.840. The standard InChI is InChI=1S/C5H8NO/c1-3-4-5(7)6-2/h2H,3-4H2,1H3/q+1. The number of hydrogen-bond donors (Lipinski definition) is 0. The van der Waals surface area contributed by atoms with Crippen molar-refractivity contribution in [1.29, 1.82) is 0 Å². The topological polar surface area (TPSA) is 21.4 Å². The molecule has 1 amide bonds. The number of carbonyl (C=O) groups is 1. The second-order valence-corrected chi connectivity index (χ2v) is 1.27. The molecule has 0 saturated carbocycles. The Morgan fingerprint density at radius 3 is 2.57 bits per heavy atom.